The maximum Gasteiger partial charge on any atom is 0.264 e. The molecule has 2 aromatic rings. The van der Waals surface area contributed by atoms with Gasteiger partial charge in [0.05, 0.1) is 18.0 Å². The summed E-state index contributed by atoms with van der Waals surface area (Å²) < 4.78 is 33.6. The van der Waals surface area contributed by atoms with E-state index in [0.29, 0.717) is 24.0 Å². The van der Waals surface area contributed by atoms with Crippen LogP contribution in [0.2, 0.25) is 5.02 Å². The van der Waals surface area contributed by atoms with E-state index in [4.69, 9.17) is 16.3 Å². The van der Waals surface area contributed by atoms with Gasteiger partial charge in [-0.25, -0.2) is 13.1 Å². The fraction of sp³-hybridized carbons (Fsp3) is 0.485. The molecule has 0 radical (unpaired) electrons. The van der Waals surface area contributed by atoms with E-state index in [1.165, 1.54) is 23.6 Å². The van der Waals surface area contributed by atoms with Crippen molar-refractivity contribution < 1.29 is 17.9 Å². The molecule has 6 nitrogen and oxygen atoms in total. The Kier molecular flexibility index (Phi) is 9.15. The van der Waals surface area contributed by atoms with Gasteiger partial charge in [-0.15, -0.1) is 6.58 Å². The van der Waals surface area contributed by atoms with E-state index in [1.54, 1.807) is 12.1 Å². The van der Waals surface area contributed by atoms with Crippen molar-refractivity contribution in [2.24, 2.45) is 11.8 Å². The first-order valence-electron chi connectivity index (χ1n) is 14.9. The first-order valence-corrected chi connectivity index (χ1v) is 16.9. The lowest BCUT2D eigenvalue weighted by Crippen LogP contribution is -2.48. The number of allylic oxidation sites excluding steroid dienone is 3. The van der Waals surface area contributed by atoms with Gasteiger partial charge < -0.3 is 9.64 Å². The maximum atomic E-state index is 13.1. The van der Waals surface area contributed by atoms with E-state index in [0.717, 1.165) is 68.1 Å². The summed E-state index contributed by atoms with van der Waals surface area (Å²) in [6.45, 7) is 7.93. The van der Waals surface area contributed by atoms with Crippen molar-refractivity contribution in [1.29, 1.82) is 0 Å². The average molecular weight is 597 g/mol. The van der Waals surface area contributed by atoms with Gasteiger partial charge in [-0.2, -0.15) is 0 Å². The lowest BCUT2D eigenvalue weighted by atomic mass is 9.69. The fourth-order valence-corrected chi connectivity index (χ4v) is 7.71. The van der Waals surface area contributed by atoms with E-state index in [1.807, 2.05) is 12.1 Å². The highest BCUT2D eigenvalue weighted by Gasteiger charge is 2.43. The molecule has 1 heterocycles. The minimum absolute atomic E-state index is 0.178. The Morgan fingerprint density at radius 3 is 2.83 bits per heavy atom. The lowest BCUT2D eigenvalue weighted by molar-refractivity contribution is 0.0981. The molecule has 3 atom stereocenters. The van der Waals surface area contributed by atoms with Crippen LogP contribution < -0.4 is 14.4 Å². The Hall–Kier alpha value is -2.77. The average Bonchev–Trinajstić information content (AvgIpc) is 3.09. The van der Waals surface area contributed by atoms with Gasteiger partial charge in [0.25, 0.3) is 5.91 Å². The highest BCUT2D eigenvalue weighted by Crippen LogP contribution is 2.46. The van der Waals surface area contributed by atoms with Crippen molar-refractivity contribution in [3.8, 4) is 5.75 Å². The van der Waals surface area contributed by atoms with Gasteiger partial charge in [0.2, 0.25) is 10.0 Å². The van der Waals surface area contributed by atoms with E-state index in [9.17, 15) is 13.2 Å². The molecule has 41 heavy (non-hydrogen) atoms. The molecular weight excluding hydrogens is 556 g/mol. The van der Waals surface area contributed by atoms with Crippen molar-refractivity contribution in [2.75, 3.05) is 30.3 Å². The third kappa shape index (κ3) is 6.67. The predicted octanol–water partition coefficient (Wildman–Crippen LogP) is 6.83. The number of ether oxygens (including phenoxy) is 1. The number of benzene rings is 2. The monoisotopic (exact) mass is 596 g/mol. The number of halogens is 1. The number of sulfonamides is 1. The Morgan fingerprint density at radius 2 is 2.07 bits per heavy atom. The van der Waals surface area contributed by atoms with Crippen LogP contribution in [-0.4, -0.2) is 39.8 Å². The summed E-state index contributed by atoms with van der Waals surface area (Å²) in [7, 11) is -3.76. The summed E-state index contributed by atoms with van der Waals surface area (Å²) >= 11 is 6.39. The molecule has 1 aliphatic heterocycles. The summed E-state index contributed by atoms with van der Waals surface area (Å²) in [6.07, 6.45) is 14.2. The second-order valence-corrected chi connectivity index (χ2v) is 14.1. The minimum Gasteiger partial charge on any atom is -0.490 e. The van der Waals surface area contributed by atoms with Gasteiger partial charge in [0.15, 0.2) is 0 Å². The molecule has 8 heteroatoms. The fourth-order valence-electron chi connectivity index (χ4n) is 6.54. The molecular formula is C33H41ClN2O4S. The van der Waals surface area contributed by atoms with Crippen LogP contribution in [0.25, 0.3) is 0 Å². The molecule has 1 unspecified atom stereocenters. The van der Waals surface area contributed by atoms with Crippen molar-refractivity contribution in [3.63, 3.8) is 0 Å². The van der Waals surface area contributed by atoms with Crippen molar-refractivity contribution >= 4 is 33.2 Å². The van der Waals surface area contributed by atoms with Crippen LogP contribution in [0.1, 0.15) is 73.4 Å². The van der Waals surface area contributed by atoms with Crippen LogP contribution >= 0.6 is 11.6 Å². The molecule has 2 aliphatic carbocycles. The molecule has 1 N–H and O–H groups in total. The highest BCUT2D eigenvalue weighted by atomic mass is 35.5. The third-order valence-electron chi connectivity index (χ3n) is 8.91. The second-order valence-electron chi connectivity index (χ2n) is 11.8. The van der Waals surface area contributed by atoms with Crippen LogP contribution in [0.4, 0.5) is 5.69 Å². The Balaban J connectivity index is 1.48. The Bertz CT molecular complexity index is 1420. The SMILES string of the molecule is C=CCCS(=O)(=O)NC(=O)c1ccc2c(c1)N(C[C@@H]1CC[C@H]1/C=C/CCC)CC1(CCCc3cc(Cl)ccc31)CO2. The number of nitrogens with zero attached hydrogens (tertiary/aromatic N) is 1. The van der Waals surface area contributed by atoms with Gasteiger partial charge in [-0.1, -0.05) is 49.2 Å². The number of nitrogens with one attached hydrogen (secondary N) is 1. The number of carbonyl (C=O) groups excluding carboxylic acids is 1. The molecule has 0 bridgehead atoms. The van der Waals surface area contributed by atoms with Crippen LogP contribution in [0, 0.1) is 11.8 Å². The molecule has 1 spiro atoms. The van der Waals surface area contributed by atoms with E-state index in [2.05, 4.69) is 47.4 Å². The maximum absolute atomic E-state index is 13.1. The van der Waals surface area contributed by atoms with Crippen molar-refractivity contribution in [2.45, 2.75) is 63.7 Å². The molecule has 0 aromatic heterocycles. The van der Waals surface area contributed by atoms with E-state index in [-0.39, 0.29) is 17.6 Å². The van der Waals surface area contributed by atoms with E-state index >= 15 is 0 Å². The normalized spacial score (nSPS) is 23.7. The van der Waals surface area contributed by atoms with Crippen LogP contribution in [0.5, 0.6) is 5.75 Å². The molecule has 0 saturated heterocycles. The molecule has 1 saturated carbocycles. The van der Waals surface area contributed by atoms with Gasteiger partial charge in [-0.05, 0) is 98.2 Å². The van der Waals surface area contributed by atoms with Gasteiger partial charge >= 0.3 is 0 Å². The predicted molar refractivity (Wildman–Crippen MR) is 167 cm³/mol. The van der Waals surface area contributed by atoms with Crippen molar-refractivity contribution in [3.05, 3.63) is 82.9 Å². The summed E-state index contributed by atoms with van der Waals surface area (Å²) in [5.74, 6) is 0.979. The van der Waals surface area contributed by atoms with E-state index < -0.39 is 15.9 Å². The first-order chi connectivity index (χ1) is 19.7. The molecule has 1 fully saturated rings. The summed E-state index contributed by atoms with van der Waals surface area (Å²) in [4.78, 5) is 15.5. The number of fused-ring (bicyclic) bond motifs is 3. The zero-order valence-corrected chi connectivity index (χ0v) is 25.5. The quantitative estimate of drug-likeness (QED) is 0.304. The molecule has 2 aromatic carbocycles. The Morgan fingerprint density at radius 1 is 1.22 bits per heavy atom. The summed E-state index contributed by atoms with van der Waals surface area (Å²) in [5.41, 5.74) is 3.53. The molecule has 3 aliphatic rings. The standard InChI is InChI=1S/C33H41ClN2O4S/c1-3-5-7-9-24-11-12-27(24)21-36-22-33(17-8-10-25-19-28(34)14-15-29(25)33)23-40-31-16-13-26(20-30(31)36)32(37)35-41(38,39)18-6-4-2/h4,7,9,13-16,19-20,24,27H,2-3,5-6,8,10-12,17-18,21-23H2,1H3,(H,35,37)/b9-7+/t24-,27+,33?/m1/s1. The molecule has 1 amide bonds. The number of rotatable bonds is 10. The number of anilines is 1. The zero-order chi connectivity index (χ0) is 29.0. The number of hydrogen-bond acceptors (Lipinski definition) is 5. The van der Waals surface area contributed by atoms with Gasteiger partial charge in [0.1, 0.15) is 5.75 Å². The molecule has 5 rings (SSSR count). The van der Waals surface area contributed by atoms with Gasteiger partial charge in [0, 0.05) is 29.1 Å². The lowest BCUT2D eigenvalue weighted by Gasteiger charge is -2.44. The van der Waals surface area contributed by atoms with Crippen LogP contribution in [0.15, 0.2) is 61.2 Å². The third-order valence-corrected chi connectivity index (χ3v) is 10.4. The number of carbonyl (C=O) groups is 1. The number of hydrogen-bond donors (Lipinski definition) is 1. The smallest absolute Gasteiger partial charge is 0.264 e. The second kappa shape index (κ2) is 12.6. The number of unbranched alkanes of at least 4 members (excludes halogenated alkanes) is 1. The zero-order valence-electron chi connectivity index (χ0n) is 23.9. The summed E-state index contributed by atoms with van der Waals surface area (Å²) in [5, 5.41) is 0.755. The van der Waals surface area contributed by atoms with Crippen molar-refractivity contribution in [1.82, 2.24) is 4.72 Å². The highest BCUT2D eigenvalue weighted by molar-refractivity contribution is 7.90. The number of aryl methyl sites for hydroxylation is 1. The Labute approximate surface area is 249 Å². The summed E-state index contributed by atoms with van der Waals surface area (Å²) in [6, 6.07) is 11.5. The topological polar surface area (TPSA) is 75.7 Å². The van der Waals surface area contributed by atoms with Crippen LogP contribution in [-0.2, 0) is 21.9 Å². The number of amides is 1. The van der Waals surface area contributed by atoms with Crippen LogP contribution in [0.3, 0.4) is 0 Å². The van der Waals surface area contributed by atoms with Gasteiger partial charge in [-0.3, -0.25) is 4.79 Å². The molecule has 220 valence electrons. The largest absolute Gasteiger partial charge is 0.490 e. The first kappa shape index (κ1) is 29.7. The minimum atomic E-state index is -3.76.